The van der Waals surface area contributed by atoms with E-state index in [-0.39, 0.29) is 39.1 Å². The van der Waals surface area contributed by atoms with Crippen molar-refractivity contribution < 1.29 is 45.2 Å². The van der Waals surface area contributed by atoms with Crippen molar-refractivity contribution in [2.75, 3.05) is 55.9 Å². The van der Waals surface area contributed by atoms with Gasteiger partial charge in [0.25, 0.3) is 12.3 Å². The molecule has 66 heavy (non-hydrogen) atoms. The molecule has 1 atom stereocenters. The third-order valence-corrected chi connectivity index (χ3v) is 14.9. The van der Waals surface area contributed by atoms with Crippen LogP contribution >= 0.6 is 0 Å². The van der Waals surface area contributed by atoms with E-state index in [0.717, 1.165) is 94.4 Å². The molecule has 3 fully saturated rings. The maximum absolute atomic E-state index is 15.7. The van der Waals surface area contributed by atoms with E-state index in [1.54, 1.807) is 17.2 Å². The lowest BCUT2D eigenvalue weighted by molar-refractivity contribution is -0.136. The lowest BCUT2D eigenvalue weighted by Gasteiger charge is -2.38. The molecular weight excluding hydrogens is 881 g/mol. The number of carbonyl (C=O) groups excluding carboxylic acids is 4. The third-order valence-electron chi connectivity index (χ3n) is 13.4. The molecule has 4 aliphatic rings. The summed E-state index contributed by atoms with van der Waals surface area (Å²) in [7, 11) is -3.79. The number of alkyl halides is 2. The smallest absolute Gasteiger partial charge is 0.301 e. The molecule has 4 aliphatic heterocycles. The number of aromatic nitrogens is 2. The Morgan fingerprint density at radius 3 is 2.38 bits per heavy atom. The average Bonchev–Trinajstić information content (AvgIpc) is 3.87. The van der Waals surface area contributed by atoms with E-state index in [0.29, 0.717) is 35.9 Å². The highest BCUT2D eigenvalue weighted by Gasteiger charge is 2.39. The van der Waals surface area contributed by atoms with Crippen LogP contribution < -0.4 is 14.9 Å². The largest absolute Gasteiger partial charge is 0.372 e. The Bertz CT molecular complexity index is 2830. The number of piperidine rings is 3. The first kappa shape index (κ1) is 45.0. The summed E-state index contributed by atoms with van der Waals surface area (Å²) in [6.45, 7) is 4.08. The van der Waals surface area contributed by atoms with Crippen molar-refractivity contribution in [2.45, 2.75) is 63.5 Å². The highest BCUT2D eigenvalue weighted by molar-refractivity contribution is 7.90. The molecule has 3 aromatic carbocycles. The summed E-state index contributed by atoms with van der Waals surface area (Å²) < 4.78 is 83.6. The number of halogens is 4. The summed E-state index contributed by atoms with van der Waals surface area (Å²) in [6.07, 6.45) is 4.64. The van der Waals surface area contributed by atoms with Gasteiger partial charge in [0.15, 0.2) is 5.82 Å². The monoisotopic (exact) mass is 928 g/mol. The van der Waals surface area contributed by atoms with Crippen LogP contribution in [-0.4, -0.2) is 115 Å². The number of imide groups is 1. The Morgan fingerprint density at radius 2 is 1.67 bits per heavy atom. The second kappa shape index (κ2) is 18.2. The predicted molar refractivity (Wildman–Crippen MR) is 238 cm³/mol. The number of hydrogen-bond acceptors (Lipinski definition) is 9. The highest BCUT2D eigenvalue weighted by Crippen LogP contribution is 2.36. The number of amides is 3. The molecule has 14 nitrogen and oxygen atoms in total. The van der Waals surface area contributed by atoms with Crippen molar-refractivity contribution in [1.29, 1.82) is 0 Å². The van der Waals surface area contributed by atoms with Gasteiger partial charge in [0.05, 0.1) is 17.8 Å². The maximum atomic E-state index is 15.7. The number of ketones is 1. The van der Waals surface area contributed by atoms with Crippen LogP contribution in [0.2, 0.25) is 0 Å². The standard InChI is InChI=1S/C47H48F4N8O6S/c1-56(26-40(49)50)66(64,65)55-38-9-8-37(48)42(43(38)51)44(61)36-23-53-45-35(36)21-31(22-52-45)28-2-5-33(6-3-28)58-18-12-27(13-19-58)24-57-16-14-29(15-17-57)30-4-7-34-32(20-30)25-59(47(34)63)39-10-11-41(60)54-46(39)62/h2-9,20-23,27,29,39-40,55H,10-19,24-26H2,1H3,(H,52,53)(H,54,60,62). The van der Waals surface area contributed by atoms with E-state index >= 15 is 8.78 Å². The molecule has 2 aromatic heterocycles. The van der Waals surface area contributed by atoms with E-state index in [4.69, 9.17) is 0 Å². The summed E-state index contributed by atoms with van der Waals surface area (Å²) in [6, 6.07) is 16.6. The number of likely N-dealkylation sites (tertiary alicyclic amines) is 1. The number of hydrogen-bond donors (Lipinski definition) is 3. The second-order valence-electron chi connectivity index (χ2n) is 17.6. The Kier molecular flexibility index (Phi) is 12.4. The van der Waals surface area contributed by atoms with Crippen molar-refractivity contribution in [3.8, 4) is 11.1 Å². The van der Waals surface area contributed by atoms with Gasteiger partial charge in [0, 0.05) is 79.8 Å². The van der Waals surface area contributed by atoms with Gasteiger partial charge < -0.3 is 19.7 Å². The average molecular weight is 929 g/mol. The predicted octanol–water partition coefficient (Wildman–Crippen LogP) is 6.45. The van der Waals surface area contributed by atoms with Gasteiger partial charge in [-0.1, -0.05) is 24.3 Å². The second-order valence-corrected chi connectivity index (χ2v) is 19.4. The SMILES string of the molecule is CN(CC(F)F)S(=O)(=O)Nc1ccc(F)c(C(=O)c2c[nH]c3ncc(-c4ccc(N5CCC(CN6CCC(c7ccc8c(c7)CN(C7CCC(=O)NC7=O)C8=O)CC6)CC5)cc4)cc23)c1F. The zero-order chi connectivity index (χ0) is 46.4. The van der Waals surface area contributed by atoms with E-state index in [2.05, 4.69) is 37.2 Å². The Hall–Kier alpha value is -6.18. The fraction of sp³-hybridized carbons (Fsp3) is 0.383. The zero-order valence-electron chi connectivity index (χ0n) is 36.0. The normalized spacial score (nSPS) is 19.0. The summed E-state index contributed by atoms with van der Waals surface area (Å²) in [5, 5.41) is 2.65. The number of nitrogens with zero attached hydrogens (tertiary/aromatic N) is 5. The molecule has 3 amide bonds. The summed E-state index contributed by atoms with van der Waals surface area (Å²) in [5.41, 5.74) is 3.72. The van der Waals surface area contributed by atoms with E-state index in [1.807, 2.05) is 35.1 Å². The molecule has 9 rings (SSSR count). The van der Waals surface area contributed by atoms with Crippen LogP contribution in [0.5, 0.6) is 0 Å². The summed E-state index contributed by atoms with van der Waals surface area (Å²) >= 11 is 0. The van der Waals surface area contributed by atoms with E-state index in [1.165, 1.54) is 11.8 Å². The summed E-state index contributed by atoms with van der Waals surface area (Å²) in [4.78, 5) is 64.8. The van der Waals surface area contributed by atoms with Crippen molar-refractivity contribution in [2.24, 2.45) is 5.92 Å². The zero-order valence-corrected chi connectivity index (χ0v) is 36.9. The van der Waals surface area contributed by atoms with Crippen LogP contribution in [0.15, 0.2) is 73.1 Å². The van der Waals surface area contributed by atoms with Crippen molar-refractivity contribution in [3.05, 3.63) is 113 Å². The van der Waals surface area contributed by atoms with Crippen LogP contribution in [-0.2, 0) is 26.3 Å². The summed E-state index contributed by atoms with van der Waals surface area (Å²) in [5.74, 6) is -3.69. The Balaban J connectivity index is 0.783. The third kappa shape index (κ3) is 9.02. The molecule has 0 bridgehead atoms. The molecule has 3 saturated heterocycles. The van der Waals surface area contributed by atoms with Gasteiger partial charge >= 0.3 is 10.2 Å². The Morgan fingerprint density at radius 1 is 0.924 bits per heavy atom. The number of nitrogens with one attached hydrogen (secondary N) is 3. The minimum Gasteiger partial charge on any atom is -0.372 e. The highest BCUT2D eigenvalue weighted by atomic mass is 32.2. The van der Waals surface area contributed by atoms with Crippen LogP contribution in [0, 0.1) is 17.6 Å². The first-order chi connectivity index (χ1) is 31.6. The first-order valence-electron chi connectivity index (χ1n) is 22.0. The van der Waals surface area contributed by atoms with Crippen LogP contribution in [0.25, 0.3) is 22.2 Å². The number of pyridine rings is 1. The lowest BCUT2D eigenvalue weighted by atomic mass is 9.87. The molecular formula is C47H48F4N8O6S. The molecule has 0 aliphatic carbocycles. The van der Waals surface area contributed by atoms with Gasteiger partial charge in [0.1, 0.15) is 17.5 Å². The van der Waals surface area contributed by atoms with Crippen molar-refractivity contribution >= 4 is 56.1 Å². The topological polar surface area (TPSA) is 168 Å². The number of aromatic amines is 1. The lowest BCUT2D eigenvalue weighted by Crippen LogP contribution is -2.52. The van der Waals surface area contributed by atoms with Crippen LogP contribution in [0.1, 0.15) is 81.8 Å². The molecule has 3 N–H and O–H groups in total. The van der Waals surface area contributed by atoms with Crippen molar-refractivity contribution in [3.63, 3.8) is 0 Å². The number of fused-ring (bicyclic) bond motifs is 2. The molecule has 0 spiro atoms. The molecule has 346 valence electrons. The molecule has 0 radical (unpaired) electrons. The molecule has 5 aromatic rings. The fourth-order valence-corrected chi connectivity index (χ4v) is 10.6. The maximum Gasteiger partial charge on any atom is 0.301 e. The van der Waals surface area contributed by atoms with Crippen LogP contribution in [0.4, 0.5) is 28.9 Å². The number of anilines is 2. The van der Waals surface area contributed by atoms with Gasteiger partial charge in [0.2, 0.25) is 17.6 Å². The van der Waals surface area contributed by atoms with E-state index < -0.39 is 63.8 Å². The number of benzene rings is 3. The van der Waals surface area contributed by atoms with Crippen LogP contribution in [0.3, 0.4) is 0 Å². The quantitative estimate of drug-likeness (QED) is 0.0683. The fourth-order valence-electron chi connectivity index (χ4n) is 9.73. The van der Waals surface area contributed by atoms with Gasteiger partial charge in [-0.15, -0.1) is 0 Å². The van der Waals surface area contributed by atoms with Gasteiger partial charge in [-0.3, -0.25) is 29.2 Å². The first-order valence-corrected chi connectivity index (χ1v) is 23.4. The molecule has 1 unspecified atom stereocenters. The Labute approximate surface area is 378 Å². The molecule has 0 saturated carbocycles. The molecule has 6 heterocycles. The minimum absolute atomic E-state index is 0.102. The minimum atomic E-state index is -4.66. The van der Waals surface area contributed by atoms with Gasteiger partial charge in [-0.05, 0) is 110 Å². The number of H-pyrrole nitrogens is 1. The van der Waals surface area contributed by atoms with Gasteiger partial charge in [-0.2, -0.15) is 12.7 Å². The van der Waals surface area contributed by atoms with Crippen molar-refractivity contribution in [1.82, 2.24) is 29.4 Å². The van der Waals surface area contributed by atoms with Gasteiger partial charge in [-0.25, -0.2) is 22.5 Å². The molecule has 19 heteroatoms. The number of carbonyl (C=O) groups is 4. The van der Waals surface area contributed by atoms with E-state index in [9.17, 15) is 36.4 Å². The number of rotatable bonds is 13.